The van der Waals surface area contributed by atoms with E-state index in [-0.39, 0.29) is 22.5 Å². The van der Waals surface area contributed by atoms with E-state index in [1.807, 2.05) is 0 Å². The number of hydrogen-bond donors (Lipinski definition) is 2. The zero-order valence-electron chi connectivity index (χ0n) is 13.4. The molecule has 0 radical (unpaired) electrons. The number of hydrogen-bond acceptors (Lipinski definition) is 2. The first-order valence-electron chi connectivity index (χ1n) is 7.19. The molecule has 0 spiro atoms. The highest BCUT2D eigenvalue weighted by Crippen LogP contribution is 2.58. The van der Waals surface area contributed by atoms with E-state index in [0.29, 0.717) is 0 Å². The fourth-order valence-electron chi connectivity index (χ4n) is 3.00. The van der Waals surface area contributed by atoms with E-state index in [1.54, 1.807) is 0 Å². The van der Waals surface area contributed by atoms with Crippen LogP contribution in [0.25, 0.3) is 0 Å². The number of aryl methyl sites for hydroxylation is 2. The second-order valence-electron chi connectivity index (χ2n) is 5.89. The van der Waals surface area contributed by atoms with Gasteiger partial charge in [0.05, 0.1) is 0 Å². The first-order chi connectivity index (χ1) is 11.3. The monoisotopic (exact) mass is 362 g/mol. The summed E-state index contributed by atoms with van der Waals surface area (Å²) in [5, 5.41) is 0. The van der Waals surface area contributed by atoms with E-state index >= 15 is 0 Å². The van der Waals surface area contributed by atoms with E-state index in [0.717, 1.165) is 24.3 Å². The van der Waals surface area contributed by atoms with Crippen molar-refractivity contribution in [3.8, 4) is 0 Å². The van der Waals surface area contributed by atoms with Gasteiger partial charge in [-0.3, -0.25) is 0 Å². The molecule has 0 aromatic heterocycles. The zero-order chi connectivity index (χ0) is 19.2. The summed E-state index contributed by atoms with van der Waals surface area (Å²) in [5.74, 6) is 0. The van der Waals surface area contributed by atoms with Gasteiger partial charge >= 0.3 is 12.4 Å². The lowest BCUT2D eigenvalue weighted by Gasteiger charge is -2.40. The Morgan fingerprint density at radius 3 is 1.24 bits per heavy atom. The van der Waals surface area contributed by atoms with Gasteiger partial charge in [0.1, 0.15) is 0 Å². The molecular weight excluding hydrogens is 346 g/mol. The van der Waals surface area contributed by atoms with Crippen LogP contribution in [0.4, 0.5) is 37.7 Å². The van der Waals surface area contributed by atoms with Gasteiger partial charge in [0.2, 0.25) is 5.41 Å². The van der Waals surface area contributed by atoms with Crippen LogP contribution in [0, 0.1) is 13.8 Å². The van der Waals surface area contributed by atoms with Crippen LogP contribution in [0.5, 0.6) is 0 Å². The number of halogens is 6. The molecule has 8 heteroatoms. The summed E-state index contributed by atoms with van der Waals surface area (Å²) in [6.07, 6.45) is -11.3. The number of rotatable bonds is 2. The first-order valence-corrected chi connectivity index (χ1v) is 7.19. The van der Waals surface area contributed by atoms with Crippen molar-refractivity contribution in [1.29, 1.82) is 0 Å². The fourth-order valence-corrected chi connectivity index (χ4v) is 3.00. The minimum Gasteiger partial charge on any atom is -0.399 e. The molecule has 0 heterocycles. The molecule has 0 amide bonds. The second kappa shape index (κ2) is 5.86. The third-order valence-electron chi connectivity index (χ3n) is 4.18. The Balaban J connectivity index is 3.08. The molecule has 136 valence electrons. The average Bonchev–Trinajstić information content (AvgIpc) is 2.44. The quantitative estimate of drug-likeness (QED) is 0.591. The van der Waals surface area contributed by atoms with Crippen molar-refractivity contribution in [2.45, 2.75) is 31.6 Å². The van der Waals surface area contributed by atoms with E-state index in [2.05, 4.69) is 0 Å². The number of nitrogen functional groups attached to an aromatic ring is 2. The van der Waals surface area contributed by atoms with E-state index in [1.165, 1.54) is 26.0 Å². The highest BCUT2D eigenvalue weighted by atomic mass is 19.4. The van der Waals surface area contributed by atoms with Crippen molar-refractivity contribution in [2.24, 2.45) is 0 Å². The average molecular weight is 362 g/mol. The Morgan fingerprint density at radius 2 is 0.960 bits per heavy atom. The Bertz CT molecular complexity index is 725. The van der Waals surface area contributed by atoms with Crippen molar-refractivity contribution in [3.05, 3.63) is 58.7 Å². The number of anilines is 2. The lowest BCUT2D eigenvalue weighted by atomic mass is 9.69. The molecule has 4 N–H and O–H groups in total. The maximum Gasteiger partial charge on any atom is 0.411 e. The third-order valence-corrected chi connectivity index (χ3v) is 4.18. The number of nitrogens with two attached hydrogens (primary N) is 2. The highest BCUT2D eigenvalue weighted by Gasteiger charge is 2.73. The predicted molar refractivity (Wildman–Crippen MR) is 84.1 cm³/mol. The van der Waals surface area contributed by atoms with E-state index in [9.17, 15) is 26.3 Å². The number of benzene rings is 2. The molecule has 0 saturated carbocycles. The molecule has 0 aliphatic rings. The lowest BCUT2D eigenvalue weighted by molar-refractivity contribution is -0.288. The molecule has 25 heavy (non-hydrogen) atoms. The van der Waals surface area contributed by atoms with Crippen LogP contribution in [0.1, 0.15) is 22.3 Å². The minimum atomic E-state index is -5.66. The van der Waals surface area contributed by atoms with E-state index < -0.39 is 28.9 Å². The van der Waals surface area contributed by atoms with Crippen molar-refractivity contribution in [1.82, 2.24) is 0 Å². The van der Waals surface area contributed by atoms with Gasteiger partial charge in [-0.1, -0.05) is 12.1 Å². The van der Waals surface area contributed by atoms with Crippen molar-refractivity contribution in [2.75, 3.05) is 11.5 Å². The topological polar surface area (TPSA) is 52.0 Å². The van der Waals surface area contributed by atoms with Crippen LogP contribution in [-0.4, -0.2) is 12.4 Å². The molecule has 0 unspecified atom stereocenters. The Morgan fingerprint density at radius 1 is 0.640 bits per heavy atom. The van der Waals surface area contributed by atoms with Crippen LogP contribution in [0.3, 0.4) is 0 Å². The van der Waals surface area contributed by atoms with Crippen molar-refractivity contribution >= 4 is 11.4 Å². The van der Waals surface area contributed by atoms with Crippen LogP contribution < -0.4 is 11.5 Å². The van der Waals surface area contributed by atoms with Gasteiger partial charge in [0, 0.05) is 11.4 Å². The van der Waals surface area contributed by atoms with Gasteiger partial charge in [0.25, 0.3) is 0 Å². The highest BCUT2D eigenvalue weighted by molar-refractivity contribution is 5.58. The summed E-state index contributed by atoms with van der Waals surface area (Å²) < 4.78 is 84.4. The third kappa shape index (κ3) is 2.89. The first kappa shape index (κ1) is 19.0. The zero-order valence-corrected chi connectivity index (χ0v) is 13.4. The Hall–Kier alpha value is -2.38. The molecule has 0 saturated heterocycles. The molecule has 2 nitrogen and oxygen atoms in total. The summed E-state index contributed by atoms with van der Waals surface area (Å²) in [5.41, 5.74) is 4.10. The molecule has 2 rings (SSSR count). The van der Waals surface area contributed by atoms with Crippen LogP contribution >= 0.6 is 0 Å². The number of alkyl halides is 6. The largest absolute Gasteiger partial charge is 0.411 e. The summed E-state index contributed by atoms with van der Waals surface area (Å²) in [6.45, 7) is 2.37. The predicted octanol–water partition coefficient (Wildman–Crippen LogP) is 4.88. The molecule has 2 aromatic carbocycles. The lowest BCUT2D eigenvalue weighted by Crippen LogP contribution is -2.55. The minimum absolute atomic E-state index is 0.175. The maximum absolute atomic E-state index is 14.1. The van der Waals surface area contributed by atoms with Gasteiger partial charge in [-0.2, -0.15) is 26.3 Å². The van der Waals surface area contributed by atoms with Gasteiger partial charge in [0.15, 0.2) is 0 Å². The van der Waals surface area contributed by atoms with Crippen LogP contribution in [0.15, 0.2) is 36.4 Å². The maximum atomic E-state index is 14.1. The standard InChI is InChI=1S/C17H16F6N2/c1-9-3-5-11(24)7-13(9)15(16(18,19)20,17(21,22)23)14-8-12(25)6-4-10(14)2/h3-8H,24-25H2,1-2H3. The smallest absolute Gasteiger partial charge is 0.399 e. The molecule has 0 aliphatic carbocycles. The van der Waals surface area contributed by atoms with Crippen molar-refractivity contribution in [3.63, 3.8) is 0 Å². The molecule has 2 aromatic rings. The molecule has 0 fully saturated rings. The van der Waals surface area contributed by atoms with Gasteiger partial charge in [-0.05, 0) is 60.4 Å². The Labute approximate surface area is 140 Å². The second-order valence-corrected chi connectivity index (χ2v) is 5.89. The molecular formula is C17H16F6N2. The van der Waals surface area contributed by atoms with Crippen LogP contribution in [0.2, 0.25) is 0 Å². The van der Waals surface area contributed by atoms with Gasteiger partial charge in [-0.25, -0.2) is 0 Å². The van der Waals surface area contributed by atoms with E-state index in [4.69, 9.17) is 11.5 Å². The molecule has 0 atom stereocenters. The normalized spacial score (nSPS) is 13.1. The summed E-state index contributed by atoms with van der Waals surface area (Å²) in [4.78, 5) is 0. The SMILES string of the molecule is Cc1ccc(N)cc1C(c1cc(N)ccc1C)(C(F)(F)F)C(F)(F)F. The fraction of sp³-hybridized carbons (Fsp3) is 0.294. The Kier molecular flexibility index (Phi) is 4.44. The summed E-state index contributed by atoms with van der Waals surface area (Å²) in [7, 11) is 0. The molecule has 0 bridgehead atoms. The van der Waals surface area contributed by atoms with Crippen LogP contribution in [-0.2, 0) is 5.41 Å². The molecule has 0 aliphatic heterocycles. The summed E-state index contributed by atoms with van der Waals surface area (Å²) in [6, 6.07) is 6.22. The van der Waals surface area contributed by atoms with Crippen molar-refractivity contribution < 1.29 is 26.3 Å². The summed E-state index contributed by atoms with van der Waals surface area (Å²) >= 11 is 0. The van der Waals surface area contributed by atoms with Gasteiger partial charge < -0.3 is 11.5 Å². The van der Waals surface area contributed by atoms with Gasteiger partial charge in [-0.15, -0.1) is 0 Å².